The second-order valence-corrected chi connectivity index (χ2v) is 3.66. The van der Waals surface area contributed by atoms with Crippen molar-refractivity contribution in [2.75, 3.05) is 0 Å². The molecule has 88 valence electrons. The Hall–Kier alpha value is -2.24. The largest absolute Gasteiger partial charge is 0.381 e. The van der Waals surface area contributed by atoms with E-state index in [9.17, 15) is 14.5 Å². The lowest BCUT2D eigenvalue weighted by molar-refractivity contribution is -0.389. The fourth-order valence-electron chi connectivity index (χ4n) is 1.55. The zero-order valence-electron chi connectivity index (χ0n) is 9.08. The van der Waals surface area contributed by atoms with E-state index < -0.39 is 4.92 Å². The highest BCUT2D eigenvalue weighted by atomic mass is 19.1. The molecule has 0 aliphatic rings. The fourth-order valence-corrected chi connectivity index (χ4v) is 1.55. The molecule has 2 rings (SSSR count). The number of hydrogen-bond donors (Lipinski definition) is 0. The molecule has 0 saturated heterocycles. The van der Waals surface area contributed by atoms with Crippen molar-refractivity contribution in [2.24, 2.45) is 0 Å². The van der Waals surface area contributed by atoms with Gasteiger partial charge in [-0.05, 0) is 34.5 Å². The van der Waals surface area contributed by atoms with Gasteiger partial charge in [0.15, 0.2) is 0 Å². The van der Waals surface area contributed by atoms with Gasteiger partial charge >= 0.3 is 5.82 Å². The van der Waals surface area contributed by atoms with Crippen molar-refractivity contribution in [3.05, 3.63) is 58.3 Å². The number of nitrogens with zero attached hydrogens (tertiary/aromatic N) is 3. The van der Waals surface area contributed by atoms with Crippen molar-refractivity contribution in [2.45, 2.75) is 13.0 Å². The zero-order valence-corrected chi connectivity index (χ0v) is 9.08. The van der Waals surface area contributed by atoms with E-state index in [0.717, 1.165) is 5.56 Å². The Morgan fingerprint density at radius 1 is 1.41 bits per heavy atom. The van der Waals surface area contributed by atoms with Gasteiger partial charge in [0.25, 0.3) is 0 Å². The van der Waals surface area contributed by atoms with Crippen molar-refractivity contribution in [3.8, 4) is 0 Å². The van der Waals surface area contributed by atoms with Crippen LogP contribution in [0, 0.1) is 15.9 Å². The monoisotopic (exact) mass is 235 g/mol. The molecule has 0 N–H and O–H groups in total. The average molecular weight is 235 g/mol. The van der Waals surface area contributed by atoms with Crippen LogP contribution in [0.5, 0.6) is 0 Å². The molecule has 1 aromatic carbocycles. The predicted molar refractivity (Wildman–Crippen MR) is 59.1 cm³/mol. The van der Waals surface area contributed by atoms with E-state index in [0.29, 0.717) is 0 Å². The summed E-state index contributed by atoms with van der Waals surface area (Å²) in [7, 11) is 0. The number of hydrogen-bond acceptors (Lipinski definition) is 3. The van der Waals surface area contributed by atoms with Crippen molar-refractivity contribution in [1.82, 2.24) is 9.55 Å². The maximum atomic E-state index is 12.8. The van der Waals surface area contributed by atoms with Gasteiger partial charge in [-0.1, -0.05) is 12.1 Å². The molecule has 0 radical (unpaired) electrons. The maximum Gasteiger partial charge on any atom is 0.381 e. The van der Waals surface area contributed by atoms with E-state index in [2.05, 4.69) is 4.98 Å². The average Bonchev–Trinajstić information content (AvgIpc) is 2.78. The molecule has 0 saturated carbocycles. The molecule has 0 aliphatic carbocycles. The number of imidazole rings is 1. The summed E-state index contributed by atoms with van der Waals surface area (Å²) in [6, 6.07) is 5.88. The van der Waals surface area contributed by atoms with E-state index in [1.54, 1.807) is 16.7 Å². The number of rotatable bonds is 3. The van der Waals surface area contributed by atoms with Crippen LogP contribution >= 0.6 is 0 Å². The Labute approximate surface area is 96.7 Å². The van der Waals surface area contributed by atoms with Crippen LogP contribution in [0.2, 0.25) is 0 Å². The molecule has 2 aromatic rings. The molecule has 1 heterocycles. The second kappa shape index (κ2) is 4.32. The number of aromatic nitrogens is 2. The van der Waals surface area contributed by atoms with Crippen molar-refractivity contribution >= 4 is 5.82 Å². The van der Waals surface area contributed by atoms with Gasteiger partial charge in [0.05, 0.1) is 6.04 Å². The molecular weight excluding hydrogens is 225 g/mol. The maximum absolute atomic E-state index is 12.8. The predicted octanol–water partition coefficient (Wildman–Crippen LogP) is 2.54. The quantitative estimate of drug-likeness (QED) is 0.606. The highest BCUT2D eigenvalue weighted by Crippen LogP contribution is 2.20. The lowest BCUT2D eigenvalue weighted by atomic mass is 10.1. The molecule has 0 bridgehead atoms. The minimum Gasteiger partial charge on any atom is -0.358 e. The summed E-state index contributed by atoms with van der Waals surface area (Å²) in [6.45, 7) is 1.86. The third kappa shape index (κ3) is 2.30. The van der Waals surface area contributed by atoms with Crippen LogP contribution in [0.1, 0.15) is 18.5 Å². The van der Waals surface area contributed by atoms with E-state index >= 15 is 0 Å². The van der Waals surface area contributed by atoms with Crippen LogP contribution in [0.4, 0.5) is 10.2 Å². The zero-order chi connectivity index (χ0) is 12.4. The van der Waals surface area contributed by atoms with E-state index in [4.69, 9.17) is 0 Å². The van der Waals surface area contributed by atoms with Gasteiger partial charge < -0.3 is 14.7 Å². The van der Waals surface area contributed by atoms with Crippen molar-refractivity contribution in [3.63, 3.8) is 0 Å². The Balaban J connectivity index is 2.27. The molecule has 0 amide bonds. The lowest BCUT2D eigenvalue weighted by Gasteiger charge is -2.11. The molecule has 0 spiro atoms. The molecule has 1 aromatic heterocycles. The second-order valence-electron chi connectivity index (χ2n) is 3.66. The molecule has 6 heteroatoms. The first kappa shape index (κ1) is 11.3. The Morgan fingerprint density at radius 3 is 2.59 bits per heavy atom. The minimum atomic E-state index is -0.548. The van der Waals surface area contributed by atoms with Crippen LogP contribution in [0.3, 0.4) is 0 Å². The number of halogens is 1. The third-order valence-electron chi connectivity index (χ3n) is 2.57. The van der Waals surface area contributed by atoms with E-state index in [1.165, 1.54) is 24.7 Å². The molecule has 17 heavy (non-hydrogen) atoms. The van der Waals surface area contributed by atoms with Gasteiger partial charge in [-0.3, -0.25) is 0 Å². The van der Waals surface area contributed by atoms with E-state index in [-0.39, 0.29) is 17.7 Å². The normalized spacial score (nSPS) is 12.4. The first-order valence-corrected chi connectivity index (χ1v) is 5.01. The van der Waals surface area contributed by atoms with Gasteiger partial charge in [0.2, 0.25) is 6.33 Å². The van der Waals surface area contributed by atoms with Crippen molar-refractivity contribution in [1.29, 1.82) is 0 Å². The standard InChI is InChI=1S/C11H10FN3O2/c1-8(9-2-4-10(12)5-3-9)14-6-11(13-7-14)15(16)17/h2-8H,1H3. The summed E-state index contributed by atoms with van der Waals surface area (Å²) in [4.78, 5) is 13.6. The van der Waals surface area contributed by atoms with Gasteiger partial charge in [0, 0.05) is 0 Å². The Kier molecular flexibility index (Phi) is 2.86. The summed E-state index contributed by atoms with van der Waals surface area (Å²) < 4.78 is 14.4. The smallest absolute Gasteiger partial charge is 0.358 e. The lowest BCUT2D eigenvalue weighted by Crippen LogP contribution is -2.04. The minimum absolute atomic E-state index is 0.128. The van der Waals surface area contributed by atoms with Gasteiger partial charge in [-0.2, -0.15) is 0 Å². The van der Waals surface area contributed by atoms with Gasteiger partial charge in [-0.25, -0.2) is 4.39 Å². The van der Waals surface area contributed by atoms with Crippen LogP contribution in [-0.2, 0) is 0 Å². The highest BCUT2D eigenvalue weighted by Gasteiger charge is 2.14. The fraction of sp³-hybridized carbons (Fsp3) is 0.182. The summed E-state index contributed by atoms with van der Waals surface area (Å²) in [5, 5.41) is 10.5. The van der Waals surface area contributed by atoms with Gasteiger partial charge in [-0.15, -0.1) is 0 Å². The summed E-state index contributed by atoms with van der Waals surface area (Å²) >= 11 is 0. The van der Waals surface area contributed by atoms with Crippen LogP contribution in [0.25, 0.3) is 0 Å². The van der Waals surface area contributed by atoms with Crippen LogP contribution in [0.15, 0.2) is 36.8 Å². The first-order valence-electron chi connectivity index (χ1n) is 5.01. The van der Waals surface area contributed by atoms with E-state index in [1.807, 2.05) is 6.92 Å². The van der Waals surface area contributed by atoms with Crippen LogP contribution in [-0.4, -0.2) is 14.5 Å². The Morgan fingerprint density at radius 2 is 2.06 bits per heavy atom. The van der Waals surface area contributed by atoms with Crippen molar-refractivity contribution < 1.29 is 9.31 Å². The third-order valence-corrected chi connectivity index (χ3v) is 2.57. The topological polar surface area (TPSA) is 61.0 Å². The molecule has 1 unspecified atom stereocenters. The first-order chi connectivity index (χ1) is 8.08. The molecule has 0 fully saturated rings. The molecular formula is C11H10FN3O2. The van der Waals surface area contributed by atoms with Crippen LogP contribution < -0.4 is 0 Å². The number of benzene rings is 1. The molecule has 5 nitrogen and oxygen atoms in total. The Bertz CT molecular complexity index is 536. The summed E-state index contributed by atoms with van der Waals surface area (Å²) in [5.41, 5.74) is 0.860. The molecule has 0 aliphatic heterocycles. The van der Waals surface area contributed by atoms with Gasteiger partial charge in [0.1, 0.15) is 12.0 Å². The summed E-state index contributed by atoms with van der Waals surface area (Å²) in [6.07, 6.45) is 2.75. The summed E-state index contributed by atoms with van der Waals surface area (Å²) in [5.74, 6) is -0.503. The SMILES string of the molecule is CC(c1ccc(F)cc1)n1cnc([N+](=O)[O-])c1. The molecule has 1 atom stereocenters. The highest BCUT2D eigenvalue weighted by molar-refractivity contribution is 5.22. The number of nitro groups is 1.